The van der Waals surface area contributed by atoms with Crippen molar-refractivity contribution in [2.24, 2.45) is 0 Å². The van der Waals surface area contributed by atoms with E-state index in [-0.39, 0.29) is 28.6 Å². The molecule has 194 valence electrons. The average molecular weight is 521 g/mol. The fourth-order valence-electron chi connectivity index (χ4n) is 4.44. The highest BCUT2D eigenvalue weighted by Gasteiger charge is 2.45. The van der Waals surface area contributed by atoms with Gasteiger partial charge in [-0.1, -0.05) is 0 Å². The summed E-state index contributed by atoms with van der Waals surface area (Å²) in [6, 6.07) is 5.03. The molecule has 1 aliphatic heterocycles. The van der Waals surface area contributed by atoms with E-state index in [4.69, 9.17) is 4.74 Å². The first-order valence-electron chi connectivity index (χ1n) is 11.5. The summed E-state index contributed by atoms with van der Waals surface area (Å²) < 4.78 is 46.0. The normalized spacial score (nSPS) is 17.4. The second kappa shape index (κ2) is 8.70. The second-order valence-corrected chi connectivity index (χ2v) is 12.0. The molecule has 1 aromatic carbocycles. The number of pyridine rings is 1. The Balaban J connectivity index is 1.89. The van der Waals surface area contributed by atoms with Crippen molar-refractivity contribution in [2.45, 2.75) is 51.8 Å². The molecule has 1 amide bonds. The number of nitrogens with one attached hydrogen (secondary N) is 1. The van der Waals surface area contributed by atoms with Gasteiger partial charge in [0, 0.05) is 11.6 Å². The Morgan fingerprint density at radius 2 is 1.97 bits per heavy atom. The zero-order valence-electron chi connectivity index (χ0n) is 20.7. The van der Waals surface area contributed by atoms with Gasteiger partial charge in [0.2, 0.25) is 5.88 Å². The van der Waals surface area contributed by atoms with Crippen LogP contribution in [0.1, 0.15) is 51.0 Å². The number of amides is 1. The predicted octanol–water partition coefficient (Wildman–Crippen LogP) is 1.97. The molecule has 0 unspecified atom stereocenters. The zero-order valence-corrected chi connectivity index (χ0v) is 21.5. The first-order valence-corrected chi connectivity index (χ1v) is 13.3. The van der Waals surface area contributed by atoms with E-state index < -0.39 is 44.4 Å². The highest BCUT2D eigenvalue weighted by atomic mass is 32.2. The van der Waals surface area contributed by atoms with Gasteiger partial charge in [-0.3, -0.25) is 13.9 Å². The summed E-state index contributed by atoms with van der Waals surface area (Å²) >= 11 is 0. The lowest BCUT2D eigenvalue weighted by atomic mass is 10.0. The first kappa shape index (κ1) is 25.8. The van der Waals surface area contributed by atoms with Crippen LogP contribution >= 0.6 is 0 Å². The van der Waals surface area contributed by atoms with E-state index in [9.17, 15) is 27.5 Å². The number of ether oxygens (including phenoxy) is 1. The molecule has 2 aromatic heterocycles. The van der Waals surface area contributed by atoms with E-state index in [1.165, 1.54) is 28.8 Å². The Bertz CT molecular complexity index is 1510. The molecule has 0 aliphatic carbocycles. The number of aromatic nitrogens is 3. The van der Waals surface area contributed by atoms with Gasteiger partial charge >= 0.3 is 5.69 Å². The summed E-state index contributed by atoms with van der Waals surface area (Å²) in [7, 11) is -3.17. The van der Waals surface area contributed by atoms with E-state index in [2.05, 4.69) is 10.3 Å². The van der Waals surface area contributed by atoms with E-state index in [1.54, 1.807) is 34.6 Å². The highest BCUT2D eigenvalue weighted by molar-refractivity contribution is 7.93. The lowest BCUT2D eigenvalue weighted by Gasteiger charge is -2.38. The van der Waals surface area contributed by atoms with Gasteiger partial charge in [0.05, 0.1) is 58.2 Å². The molecule has 3 heterocycles. The van der Waals surface area contributed by atoms with E-state index in [0.717, 1.165) is 10.8 Å². The topological polar surface area (TPSA) is 133 Å². The summed E-state index contributed by atoms with van der Waals surface area (Å²) in [5, 5.41) is 13.4. The fourth-order valence-corrected chi connectivity index (χ4v) is 6.44. The third kappa shape index (κ3) is 4.62. The lowest BCUT2D eigenvalue weighted by Crippen LogP contribution is -2.63. The summed E-state index contributed by atoms with van der Waals surface area (Å²) in [6.45, 7) is 8.43. The SMILES string of the molecule is CCOc1cc(-n2c(=O)n([C@@H](C)C(C)(C)O)c3cc(C(=O)NC4(C)CS(=O)(=O)C4)ccc32)c(F)cn1. The maximum atomic E-state index is 14.9. The number of aliphatic hydroxyl groups is 1. The molecule has 1 aliphatic rings. The molecular weight excluding hydrogens is 491 g/mol. The molecule has 0 spiro atoms. The molecule has 3 aromatic rings. The number of benzene rings is 1. The van der Waals surface area contributed by atoms with Crippen LogP contribution in [0.2, 0.25) is 0 Å². The quantitative estimate of drug-likeness (QED) is 0.487. The van der Waals surface area contributed by atoms with Crippen molar-refractivity contribution >= 4 is 26.8 Å². The number of rotatable bonds is 7. The number of carbonyl (C=O) groups excluding carboxylic acids is 1. The van der Waals surface area contributed by atoms with Crippen LogP contribution < -0.4 is 15.7 Å². The Morgan fingerprint density at radius 1 is 1.31 bits per heavy atom. The maximum Gasteiger partial charge on any atom is 0.334 e. The van der Waals surface area contributed by atoms with Crippen LogP contribution in [0, 0.1) is 5.82 Å². The Morgan fingerprint density at radius 3 is 2.56 bits per heavy atom. The van der Waals surface area contributed by atoms with Gasteiger partial charge in [0.25, 0.3) is 5.91 Å². The van der Waals surface area contributed by atoms with Crippen molar-refractivity contribution in [3.05, 3.63) is 52.3 Å². The van der Waals surface area contributed by atoms with Crippen LogP contribution in [0.4, 0.5) is 4.39 Å². The maximum absolute atomic E-state index is 14.9. The van der Waals surface area contributed by atoms with Crippen molar-refractivity contribution in [1.82, 2.24) is 19.4 Å². The zero-order chi connectivity index (χ0) is 26.6. The molecule has 4 rings (SSSR count). The van der Waals surface area contributed by atoms with Gasteiger partial charge in [-0.25, -0.2) is 22.6 Å². The highest BCUT2D eigenvalue weighted by Crippen LogP contribution is 2.29. The van der Waals surface area contributed by atoms with Crippen molar-refractivity contribution in [3.63, 3.8) is 0 Å². The molecule has 1 saturated heterocycles. The van der Waals surface area contributed by atoms with Gasteiger partial charge in [-0.15, -0.1) is 0 Å². The van der Waals surface area contributed by atoms with Gasteiger partial charge in [0.15, 0.2) is 15.7 Å². The van der Waals surface area contributed by atoms with Crippen LogP contribution in [-0.4, -0.2) is 62.8 Å². The third-order valence-corrected chi connectivity index (χ3v) is 8.53. The Kier molecular flexibility index (Phi) is 6.24. The van der Waals surface area contributed by atoms with Crippen LogP contribution in [0.15, 0.2) is 35.3 Å². The van der Waals surface area contributed by atoms with E-state index in [0.29, 0.717) is 17.6 Å². The Labute approximate surface area is 207 Å². The molecule has 10 nitrogen and oxygen atoms in total. The molecule has 36 heavy (non-hydrogen) atoms. The molecule has 0 saturated carbocycles. The third-order valence-electron chi connectivity index (χ3n) is 6.38. The molecule has 2 N–H and O–H groups in total. The van der Waals surface area contributed by atoms with E-state index in [1.807, 2.05) is 0 Å². The minimum absolute atomic E-state index is 0.0884. The minimum Gasteiger partial charge on any atom is -0.478 e. The fraction of sp³-hybridized carbons (Fsp3) is 0.458. The van der Waals surface area contributed by atoms with Gasteiger partial charge in [0.1, 0.15) is 0 Å². The average Bonchev–Trinajstić information content (AvgIpc) is 3.03. The predicted molar refractivity (Wildman–Crippen MR) is 132 cm³/mol. The Hall–Kier alpha value is -3.25. The molecule has 1 fully saturated rings. The number of sulfone groups is 1. The lowest BCUT2D eigenvalue weighted by molar-refractivity contribution is 0.0307. The molecule has 0 bridgehead atoms. The second-order valence-electron chi connectivity index (χ2n) is 9.98. The monoisotopic (exact) mass is 520 g/mol. The number of fused-ring (bicyclic) bond motifs is 1. The van der Waals surface area contributed by atoms with E-state index >= 15 is 0 Å². The van der Waals surface area contributed by atoms with Crippen LogP contribution in [0.3, 0.4) is 0 Å². The van der Waals surface area contributed by atoms with Crippen molar-refractivity contribution in [2.75, 3.05) is 18.1 Å². The van der Waals surface area contributed by atoms with Crippen LogP contribution in [0.5, 0.6) is 5.88 Å². The van der Waals surface area contributed by atoms with Crippen LogP contribution in [0.25, 0.3) is 16.7 Å². The summed E-state index contributed by atoms with van der Waals surface area (Å²) in [5.41, 5.74) is -2.14. The molecular formula is C24H29FN4O6S. The number of imidazole rings is 1. The first-order chi connectivity index (χ1) is 16.7. The summed E-state index contributed by atoms with van der Waals surface area (Å²) in [6.07, 6.45) is 0.963. The standard InChI is InChI=1S/C24H29FN4O6S/c1-6-35-20-10-18(16(25)11-26-20)29-17-8-7-15(21(30)27-24(5)12-36(33,34)13-24)9-19(17)28(22(29)31)14(2)23(3,4)32/h7-11,14,32H,6,12-13H2,1-5H3,(H,27,30)/t14-/m0/s1. The van der Waals surface area contributed by atoms with Gasteiger partial charge in [-0.2, -0.15) is 0 Å². The van der Waals surface area contributed by atoms with Crippen LogP contribution in [-0.2, 0) is 9.84 Å². The van der Waals surface area contributed by atoms with Gasteiger partial charge in [-0.05, 0) is 52.8 Å². The largest absolute Gasteiger partial charge is 0.478 e. The van der Waals surface area contributed by atoms with Crippen molar-refractivity contribution in [3.8, 4) is 11.6 Å². The van der Waals surface area contributed by atoms with Crippen molar-refractivity contribution < 1.29 is 27.4 Å². The number of halogens is 1. The van der Waals surface area contributed by atoms with Gasteiger partial charge < -0.3 is 15.2 Å². The number of carbonyl (C=O) groups is 1. The minimum atomic E-state index is -3.17. The molecule has 0 radical (unpaired) electrons. The smallest absolute Gasteiger partial charge is 0.334 e. The number of hydrogen-bond acceptors (Lipinski definition) is 7. The number of hydrogen-bond donors (Lipinski definition) is 2. The molecule has 12 heteroatoms. The molecule has 1 atom stereocenters. The summed E-state index contributed by atoms with van der Waals surface area (Å²) in [4.78, 5) is 30.5. The summed E-state index contributed by atoms with van der Waals surface area (Å²) in [5.74, 6) is -1.44. The number of nitrogens with zero attached hydrogens (tertiary/aromatic N) is 3. The van der Waals surface area contributed by atoms with Crippen molar-refractivity contribution in [1.29, 1.82) is 0 Å².